The van der Waals surface area contributed by atoms with E-state index in [4.69, 9.17) is 18.9 Å². The molecule has 1 amide bonds. The number of methoxy groups -OCH3 is 2. The Balaban J connectivity index is 1.69. The molecule has 0 fully saturated rings. The molecule has 0 aliphatic heterocycles. The van der Waals surface area contributed by atoms with E-state index in [-0.39, 0.29) is 6.42 Å². The van der Waals surface area contributed by atoms with Crippen LogP contribution in [0.1, 0.15) is 37.5 Å². The Morgan fingerprint density at radius 1 is 0.921 bits per heavy atom. The van der Waals surface area contributed by atoms with Crippen molar-refractivity contribution in [1.29, 1.82) is 0 Å². The van der Waals surface area contributed by atoms with Gasteiger partial charge < -0.3 is 24.3 Å². The quantitative estimate of drug-likeness (QED) is 0.323. The van der Waals surface area contributed by atoms with Crippen LogP contribution in [0.2, 0.25) is 0 Å². The van der Waals surface area contributed by atoms with E-state index in [0.29, 0.717) is 6.61 Å². The summed E-state index contributed by atoms with van der Waals surface area (Å²) in [5.74, 6) is 1.00. The Labute approximate surface area is 224 Å². The van der Waals surface area contributed by atoms with Crippen LogP contribution in [0.25, 0.3) is 17.2 Å². The molecule has 1 atom stereocenters. The second-order valence-corrected chi connectivity index (χ2v) is 9.71. The zero-order valence-corrected chi connectivity index (χ0v) is 22.6. The van der Waals surface area contributed by atoms with Gasteiger partial charge in [0.1, 0.15) is 29.7 Å². The number of amides is 1. The predicted octanol–water partition coefficient (Wildman–Crippen LogP) is 6.19. The Morgan fingerprint density at radius 2 is 1.55 bits per heavy atom. The minimum atomic E-state index is -0.869. The van der Waals surface area contributed by atoms with Crippen LogP contribution < -0.4 is 14.8 Å². The lowest BCUT2D eigenvalue weighted by Gasteiger charge is -2.22. The molecule has 7 heteroatoms. The summed E-state index contributed by atoms with van der Waals surface area (Å²) in [5.41, 5.74) is 4.14. The van der Waals surface area contributed by atoms with Gasteiger partial charge in [-0.3, -0.25) is 0 Å². The molecule has 1 unspecified atom stereocenters. The van der Waals surface area contributed by atoms with Crippen molar-refractivity contribution in [2.45, 2.75) is 45.4 Å². The molecule has 3 aromatic rings. The highest BCUT2D eigenvalue weighted by atomic mass is 16.6. The smallest absolute Gasteiger partial charge is 0.408 e. The molecule has 200 valence electrons. The van der Waals surface area contributed by atoms with Crippen LogP contribution in [0, 0.1) is 0 Å². The molecule has 1 N–H and O–H groups in total. The molecule has 0 heterocycles. The van der Waals surface area contributed by atoms with Crippen LogP contribution in [0.15, 0.2) is 73.3 Å². The van der Waals surface area contributed by atoms with Crippen LogP contribution in [0.4, 0.5) is 4.79 Å². The van der Waals surface area contributed by atoms with Gasteiger partial charge in [-0.1, -0.05) is 55.1 Å². The topological polar surface area (TPSA) is 83.1 Å². The number of hydrogen-bond donors (Lipinski definition) is 1. The van der Waals surface area contributed by atoms with Crippen molar-refractivity contribution < 1.29 is 28.5 Å². The number of hydrogen-bond acceptors (Lipinski definition) is 6. The van der Waals surface area contributed by atoms with Crippen molar-refractivity contribution in [3.63, 3.8) is 0 Å². The summed E-state index contributed by atoms with van der Waals surface area (Å²) in [7, 11) is 2.93. The van der Waals surface area contributed by atoms with Crippen molar-refractivity contribution in [2.24, 2.45) is 0 Å². The third kappa shape index (κ3) is 8.13. The fourth-order valence-electron chi connectivity index (χ4n) is 3.79. The number of carbonyl (C=O) groups is 2. The first-order valence-corrected chi connectivity index (χ1v) is 12.3. The minimum Gasteiger partial charge on any atom is -0.497 e. The predicted molar refractivity (Wildman–Crippen MR) is 148 cm³/mol. The lowest BCUT2D eigenvalue weighted by Crippen LogP contribution is -2.45. The van der Waals surface area contributed by atoms with E-state index in [9.17, 15) is 9.59 Å². The highest BCUT2D eigenvalue weighted by molar-refractivity contribution is 5.82. The van der Waals surface area contributed by atoms with E-state index in [0.717, 1.165) is 39.3 Å². The minimum absolute atomic E-state index is 0.263. The van der Waals surface area contributed by atoms with E-state index in [1.807, 2.05) is 66.7 Å². The lowest BCUT2D eigenvalue weighted by molar-refractivity contribution is -0.143. The summed E-state index contributed by atoms with van der Waals surface area (Å²) in [5, 5.41) is 2.60. The van der Waals surface area contributed by atoms with Gasteiger partial charge in [-0.2, -0.15) is 0 Å². The van der Waals surface area contributed by atoms with E-state index in [2.05, 4.69) is 11.9 Å². The molecule has 0 saturated carbocycles. The molecule has 0 bridgehead atoms. The molecule has 3 rings (SSSR count). The van der Waals surface area contributed by atoms with Gasteiger partial charge in [0.2, 0.25) is 0 Å². The molecule has 38 heavy (non-hydrogen) atoms. The second-order valence-electron chi connectivity index (χ2n) is 9.71. The highest BCUT2D eigenvalue weighted by Crippen LogP contribution is 2.29. The average molecular weight is 518 g/mol. The lowest BCUT2D eigenvalue weighted by atomic mass is 9.97. The number of ether oxygens (including phenoxy) is 4. The van der Waals surface area contributed by atoms with Crippen molar-refractivity contribution in [3.8, 4) is 22.6 Å². The molecular formula is C31H35NO6. The zero-order chi connectivity index (χ0) is 27.7. The normalized spacial score (nSPS) is 11.7. The molecule has 0 aliphatic carbocycles. The number of nitrogens with one attached hydrogen (secondary N) is 1. The van der Waals surface area contributed by atoms with E-state index in [1.54, 1.807) is 34.0 Å². The van der Waals surface area contributed by atoms with Crippen molar-refractivity contribution in [2.75, 3.05) is 14.2 Å². The third-order valence-corrected chi connectivity index (χ3v) is 5.69. The molecule has 0 saturated heterocycles. The van der Waals surface area contributed by atoms with Crippen LogP contribution in [0.5, 0.6) is 11.5 Å². The summed E-state index contributed by atoms with van der Waals surface area (Å²) in [6.45, 7) is 9.68. The standard InChI is InChI=1S/C31H35NO6/c1-7-23-19-26(37-20-22-10-14-25(35-5)15-11-22)16-17-27(23)24-12-8-21(9-13-24)18-28(29(33)36-6)32-30(34)38-31(2,3)4/h7-17,19,28H,1,18,20H2,2-6H3,(H,32,34). The number of carbonyl (C=O) groups excluding carboxylic acids is 2. The second kappa shape index (κ2) is 12.8. The Bertz CT molecular complexity index is 1240. The Hall–Kier alpha value is -4.26. The molecule has 0 spiro atoms. The summed E-state index contributed by atoms with van der Waals surface area (Å²) in [6.07, 6.45) is 1.38. The number of benzene rings is 3. The summed E-state index contributed by atoms with van der Waals surface area (Å²) in [6, 6.07) is 20.5. The SMILES string of the molecule is C=Cc1cc(OCc2ccc(OC)cc2)ccc1-c1ccc(CC(NC(=O)OC(C)(C)C)C(=O)OC)cc1. The molecule has 0 aliphatic rings. The first-order valence-electron chi connectivity index (χ1n) is 12.3. The fraction of sp³-hybridized carbons (Fsp3) is 0.290. The molecule has 3 aromatic carbocycles. The summed E-state index contributed by atoms with van der Waals surface area (Å²) >= 11 is 0. The molecule has 0 radical (unpaired) electrons. The maximum absolute atomic E-state index is 12.3. The van der Waals surface area contributed by atoms with Crippen molar-refractivity contribution in [3.05, 3.63) is 90.0 Å². The first-order chi connectivity index (χ1) is 18.1. The van der Waals surface area contributed by atoms with Crippen LogP contribution in [-0.2, 0) is 27.3 Å². The Morgan fingerprint density at radius 3 is 2.13 bits per heavy atom. The monoisotopic (exact) mass is 517 g/mol. The van der Waals surface area contributed by atoms with Gasteiger partial charge in [0, 0.05) is 6.42 Å². The van der Waals surface area contributed by atoms with Gasteiger partial charge in [0.25, 0.3) is 0 Å². The van der Waals surface area contributed by atoms with Crippen molar-refractivity contribution in [1.82, 2.24) is 5.32 Å². The zero-order valence-electron chi connectivity index (χ0n) is 22.6. The van der Waals surface area contributed by atoms with Gasteiger partial charge >= 0.3 is 12.1 Å². The maximum Gasteiger partial charge on any atom is 0.408 e. The number of alkyl carbamates (subject to hydrolysis) is 1. The van der Waals surface area contributed by atoms with Crippen LogP contribution >= 0.6 is 0 Å². The fourth-order valence-corrected chi connectivity index (χ4v) is 3.79. The number of rotatable bonds is 10. The average Bonchev–Trinajstić information content (AvgIpc) is 2.90. The van der Waals surface area contributed by atoms with Crippen LogP contribution in [-0.4, -0.2) is 37.9 Å². The van der Waals surface area contributed by atoms with Gasteiger partial charge in [-0.25, -0.2) is 9.59 Å². The van der Waals surface area contributed by atoms with Crippen LogP contribution in [0.3, 0.4) is 0 Å². The van der Waals surface area contributed by atoms with E-state index in [1.165, 1.54) is 7.11 Å². The number of esters is 1. The first kappa shape index (κ1) is 28.3. The maximum atomic E-state index is 12.3. The Kier molecular flexibility index (Phi) is 9.55. The third-order valence-electron chi connectivity index (χ3n) is 5.69. The largest absolute Gasteiger partial charge is 0.497 e. The highest BCUT2D eigenvalue weighted by Gasteiger charge is 2.25. The van der Waals surface area contributed by atoms with Gasteiger partial charge in [-0.05, 0) is 72.9 Å². The van der Waals surface area contributed by atoms with Crippen molar-refractivity contribution >= 4 is 18.1 Å². The molecule has 7 nitrogen and oxygen atoms in total. The van der Waals surface area contributed by atoms with Gasteiger partial charge in [0.15, 0.2) is 0 Å². The van der Waals surface area contributed by atoms with E-state index < -0.39 is 23.7 Å². The van der Waals surface area contributed by atoms with Gasteiger partial charge in [-0.15, -0.1) is 0 Å². The van der Waals surface area contributed by atoms with Gasteiger partial charge in [0.05, 0.1) is 14.2 Å². The summed E-state index contributed by atoms with van der Waals surface area (Å²) in [4.78, 5) is 24.5. The molecule has 0 aromatic heterocycles. The van der Waals surface area contributed by atoms with E-state index >= 15 is 0 Å². The molecular weight excluding hydrogens is 482 g/mol. The summed E-state index contributed by atoms with van der Waals surface area (Å²) < 4.78 is 21.3.